The maximum atomic E-state index is 5.38. The molecule has 1 atom stereocenters. The van der Waals surface area contributed by atoms with E-state index in [9.17, 15) is 0 Å². The molecule has 0 unspecified atom stereocenters. The minimum Gasteiger partial charge on any atom is -0.384 e. The topological polar surface area (TPSA) is 70.3 Å². The van der Waals surface area contributed by atoms with Crippen molar-refractivity contribution in [1.29, 1.82) is 0 Å². The highest BCUT2D eigenvalue weighted by atomic mass is 16.5. The molecule has 0 amide bonds. The van der Waals surface area contributed by atoms with Gasteiger partial charge in [0.05, 0.1) is 24.0 Å². The standard InChI is InChI=1S/C19H21N3O3/c1-13(24-3)14-5-4-6-15(11-14)17-8-7-16(12-20-17)19-21-18(22-25-19)9-10-23-2/h4-8,11-13H,9-10H2,1-3H3/t13-/m1/s1. The highest BCUT2D eigenvalue weighted by molar-refractivity contribution is 5.63. The zero-order valence-corrected chi connectivity index (χ0v) is 14.6. The molecule has 1 aromatic carbocycles. The molecule has 0 saturated carbocycles. The predicted molar refractivity (Wildman–Crippen MR) is 94.0 cm³/mol. The number of nitrogens with zero attached hydrogens (tertiary/aromatic N) is 3. The zero-order chi connectivity index (χ0) is 17.6. The monoisotopic (exact) mass is 339 g/mol. The molecule has 25 heavy (non-hydrogen) atoms. The van der Waals surface area contributed by atoms with Crippen LogP contribution in [0.1, 0.15) is 24.4 Å². The summed E-state index contributed by atoms with van der Waals surface area (Å²) in [5.74, 6) is 1.09. The summed E-state index contributed by atoms with van der Waals surface area (Å²) in [6.07, 6.45) is 2.41. The van der Waals surface area contributed by atoms with E-state index < -0.39 is 0 Å². The fourth-order valence-corrected chi connectivity index (χ4v) is 2.44. The molecule has 0 bridgehead atoms. The molecule has 0 aliphatic rings. The Bertz CT molecular complexity index is 815. The lowest BCUT2D eigenvalue weighted by Gasteiger charge is -2.11. The lowest BCUT2D eigenvalue weighted by atomic mass is 10.0. The Hall–Kier alpha value is -2.57. The fraction of sp³-hybridized carbons (Fsp3) is 0.316. The van der Waals surface area contributed by atoms with E-state index in [2.05, 4.69) is 21.2 Å². The van der Waals surface area contributed by atoms with Crippen LogP contribution in [0.4, 0.5) is 0 Å². The molecule has 6 nitrogen and oxygen atoms in total. The molecule has 0 fully saturated rings. The van der Waals surface area contributed by atoms with Crippen LogP contribution in [0, 0.1) is 0 Å². The van der Waals surface area contributed by atoms with Crippen LogP contribution < -0.4 is 0 Å². The number of hydrogen-bond donors (Lipinski definition) is 0. The summed E-state index contributed by atoms with van der Waals surface area (Å²) in [5.41, 5.74) is 3.83. The van der Waals surface area contributed by atoms with E-state index in [0.717, 1.165) is 22.4 Å². The molecule has 130 valence electrons. The number of aromatic nitrogens is 3. The molecule has 0 saturated heterocycles. The van der Waals surface area contributed by atoms with E-state index in [-0.39, 0.29) is 6.10 Å². The van der Waals surface area contributed by atoms with Crippen molar-refractivity contribution in [3.8, 4) is 22.7 Å². The second kappa shape index (κ2) is 8.00. The van der Waals surface area contributed by atoms with E-state index in [1.165, 1.54) is 0 Å². The van der Waals surface area contributed by atoms with E-state index in [4.69, 9.17) is 14.0 Å². The molecule has 0 N–H and O–H groups in total. The number of pyridine rings is 1. The second-order valence-electron chi connectivity index (χ2n) is 5.69. The first-order valence-corrected chi connectivity index (χ1v) is 8.12. The van der Waals surface area contributed by atoms with Crippen molar-refractivity contribution in [2.45, 2.75) is 19.4 Å². The van der Waals surface area contributed by atoms with Crippen molar-refractivity contribution in [3.63, 3.8) is 0 Å². The molecule has 6 heteroatoms. The van der Waals surface area contributed by atoms with E-state index >= 15 is 0 Å². The Labute approximate surface area is 146 Å². The third-order valence-electron chi connectivity index (χ3n) is 4.01. The molecular weight excluding hydrogens is 318 g/mol. The van der Waals surface area contributed by atoms with E-state index in [1.54, 1.807) is 20.4 Å². The summed E-state index contributed by atoms with van der Waals surface area (Å²) in [6.45, 7) is 2.58. The van der Waals surface area contributed by atoms with Crippen molar-refractivity contribution in [2.24, 2.45) is 0 Å². The van der Waals surface area contributed by atoms with Gasteiger partial charge in [0, 0.05) is 32.4 Å². The molecule has 0 radical (unpaired) electrons. The van der Waals surface area contributed by atoms with Gasteiger partial charge >= 0.3 is 0 Å². The average molecular weight is 339 g/mol. The van der Waals surface area contributed by atoms with Crippen molar-refractivity contribution < 1.29 is 14.0 Å². The Morgan fingerprint density at radius 1 is 1.12 bits per heavy atom. The Morgan fingerprint density at radius 3 is 2.72 bits per heavy atom. The maximum absolute atomic E-state index is 5.38. The van der Waals surface area contributed by atoms with Crippen LogP contribution in [0.15, 0.2) is 47.1 Å². The van der Waals surface area contributed by atoms with Crippen LogP contribution in [-0.2, 0) is 15.9 Å². The van der Waals surface area contributed by atoms with Gasteiger partial charge < -0.3 is 14.0 Å². The Kier molecular flexibility index (Phi) is 5.53. The smallest absolute Gasteiger partial charge is 0.259 e. The summed E-state index contributed by atoms with van der Waals surface area (Å²) >= 11 is 0. The van der Waals surface area contributed by atoms with Gasteiger partial charge in [-0.2, -0.15) is 4.98 Å². The SMILES string of the molecule is COCCc1noc(-c2ccc(-c3cccc([C@@H](C)OC)c3)nc2)n1. The van der Waals surface area contributed by atoms with Crippen LogP contribution >= 0.6 is 0 Å². The molecule has 0 aliphatic carbocycles. The van der Waals surface area contributed by atoms with Crippen LogP contribution in [-0.4, -0.2) is 36.0 Å². The fourth-order valence-electron chi connectivity index (χ4n) is 2.44. The van der Waals surface area contributed by atoms with Gasteiger partial charge in [0.1, 0.15) is 0 Å². The predicted octanol–water partition coefficient (Wildman–Crippen LogP) is 3.69. The third kappa shape index (κ3) is 4.10. The molecule has 3 aromatic rings. The molecule has 2 heterocycles. The van der Waals surface area contributed by atoms with E-state index in [0.29, 0.717) is 24.7 Å². The number of ether oxygens (including phenoxy) is 2. The van der Waals surface area contributed by atoms with Gasteiger partial charge in [0.25, 0.3) is 5.89 Å². The number of benzene rings is 1. The van der Waals surface area contributed by atoms with Crippen LogP contribution in [0.2, 0.25) is 0 Å². The highest BCUT2D eigenvalue weighted by Gasteiger charge is 2.10. The summed E-state index contributed by atoms with van der Waals surface area (Å²) in [5, 5.41) is 3.94. The molecule has 0 spiro atoms. The van der Waals surface area contributed by atoms with Gasteiger partial charge in [0.15, 0.2) is 5.82 Å². The Balaban J connectivity index is 1.79. The van der Waals surface area contributed by atoms with Crippen LogP contribution in [0.3, 0.4) is 0 Å². The molecule has 0 aliphatic heterocycles. The van der Waals surface area contributed by atoms with Crippen LogP contribution in [0.25, 0.3) is 22.7 Å². The van der Waals surface area contributed by atoms with Crippen molar-refractivity contribution in [1.82, 2.24) is 15.1 Å². The minimum absolute atomic E-state index is 0.0446. The summed E-state index contributed by atoms with van der Waals surface area (Å²) < 4.78 is 15.7. The van der Waals surface area contributed by atoms with Gasteiger partial charge in [-0.25, -0.2) is 0 Å². The lowest BCUT2D eigenvalue weighted by molar-refractivity contribution is 0.119. The summed E-state index contributed by atoms with van der Waals surface area (Å²) in [6, 6.07) is 12.1. The van der Waals surface area contributed by atoms with Gasteiger partial charge in [-0.3, -0.25) is 4.98 Å². The first-order chi connectivity index (χ1) is 12.2. The van der Waals surface area contributed by atoms with Gasteiger partial charge in [-0.1, -0.05) is 23.4 Å². The Morgan fingerprint density at radius 2 is 2.00 bits per heavy atom. The molecule has 3 rings (SSSR count). The van der Waals surface area contributed by atoms with Gasteiger partial charge in [-0.05, 0) is 30.7 Å². The first-order valence-electron chi connectivity index (χ1n) is 8.12. The maximum Gasteiger partial charge on any atom is 0.259 e. The number of hydrogen-bond acceptors (Lipinski definition) is 6. The normalized spacial score (nSPS) is 12.3. The highest BCUT2D eigenvalue weighted by Crippen LogP contribution is 2.25. The summed E-state index contributed by atoms with van der Waals surface area (Å²) in [7, 11) is 3.35. The van der Waals surface area contributed by atoms with Gasteiger partial charge in [-0.15, -0.1) is 0 Å². The largest absolute Gasteiger partial charge is 0.384 e. The first kappa shape index (κ1) is 17.3. The zero-order valence-electron chi connectivity index (χ0n) is 14.6. The van der Waals surface area contributed by atoms with Crippen molar-refractivity contribution in [2.75, 3.05) is 20.8 Å². The summed E-state index contributed by atoms with van der Waals surface area (Å²) in [4.78, 5) is 8.88. The van der Waals surface area contributed by atoms with Crippen LogP contribution in [0.5, 0.6) is 0 Å². The lowest BCUT2D eigenvalue weighted by Crippen LogP contribution is -1.96. The third-order valence-corrected chi connectivity index (χ3v) is 4.01. The number of rotatable bonds is 7. The van der Waals surface area contributed by atoms with Gasteiger partial charge in [0.2, 0.25) is 0 Å². The quantitative estimate of drug-likeness (QED) is 0.654. The average Bonchev–Trinajstić information content (AvgIpc) is 3.15. The van der Waals surface area contributed by atoms with E-state index in [1.807, 2.05) is 37.3 Å². The molecule has 2 aromatic heterocycles. The van der Waals surface area contributed by atoms with Crippen molar-refractivity contribution >= 4 is 0 Å². The number of methoxy groups -OCH3 is 2. The molecular formula is C19H21N3O3. The minimum atomic E-state index is 0.0446. The second-order valence-corrected chi connectivity index (χ2v) is 5.69. The van der Waals surface area contributed by atoms with Crippen molar-refractivity contribution in [3.05, 3.63) is 54.0 Å².